The van der Waals surface area contributed by atoms with Gasteiger partial charge in [0.2, 0.25) is 0 Å². The molecule has 0 atom stereocenters. The third kappa shape index (κ3) is 5.71. The van der Waals surface area contributed by atoms with E-state index in [9.17, 15) is 18.0 Å². The van der Waals surface area contributed by atoms with Crippen LogP contribution in [0.1, 0.15) is 21.7 Å². The normalized spacial score (nSPS) is 11.0. The lowest BCUT2D eigenvalue weighted by Gasteiger charge is -2.09. The Morgan fingerprint density at radius 3 is 2.33 bits per heavy atom. The van der Waals surface area contributed by atoms with Crippen LogP contribution < -0.4 is 10.0 Å². The van der Waals surface area contributed by atoms with Crippen LogP contribution in [0.4, 0.5) is 5.69 Å². The molecule has 1 aromatic heterocycles. The molecule has 0 aliphatic carbocycles. The summed E-state index contributed by atoms with van der Waals surface area (Å²) in [7, 11) is -3.80. The molecular formula is C21H20N2O6S. The summed E-state index contributed by atoms with van der Waals surface area (Å²) < 4.78 is 37.4. The van der Waals surface area contributed by atoms with E-state index in [-0.39, 0.29) is 17.0 Å². The number of hydrogen-bond acceptors (Lipinski definition) is 6. The molecule has 30 heavy (non-hydrogen) atoms. The molecule has 0 aliphatic heterocycles. The first kappa shape index (κ1) is 21.1. The van der Waals surface area contributed by atoms with Crippen LogP contribution in [0.15, 0.2) is 76.2 Å². The second-order valence-electron chi connectivity index (χ2n) is 6.43. The minimum absolute atomic E-state index is 0.00387. The lowest BCUT2D eigenvalue weighted by molar-refractivity contribution is -0.124. The second-order valence-corrected chi connectivity index (χ2v) is 8.11. The summed E-state index contributed by atoms with van der Waals surface area (Å²) >= 11 is 0. The zero-order valence-corrected chi connectivity index (χ0v) is 16.9. The molecular weight excluding hydrogens is 408 g/mol. The van der Waals surface area contributed by atoms with Gasteiger partial charge in [0.25, 0.3) is 15.9 Å². The van der Waals surface area contributed by atoms with Crippen molar-refractivity contribution in [2.24, 2.45) is 0 Å². The molecule has 0 fully saturated rings. The van der Waals surface area contributed by atoms with Crippen LogP contribution in [0, 0.1) is 6.92 Å². The highest BCUT2D eigenvalue weighted by Gasteiger charge is 2.16. The standard InChI is InChI=1S/C21H20N2O6S/c1-15-4-8-17(9-5-15)23-30(26,27)19-10-6-16(7-11-19)21(25)29-14-20(24)22-13-18-3-2-12-28-18/h2-12,23H,13-14H2,1H3,(H,22,24). The smallest absolute Gasteiger partial charge is 0.338 e. The zero-order valence-electron chi connectivity index (χ0n) is 16.1. The minimum Gasteiger partial charge on any atom is -0.467 e. The molecule has 3 rings (SSSR count). The molecule has 0 bridgehead atoms. The second kappa shape index (κ2) is 9.27. The van der Waals surface area contributed by atoms with Crippen molar-refractivity contribution in [1.82, 2.24) is 5.32 Å². The van der Waals surface area contributed by atoms with E-state index in [1.165, 1.54) is 30.5 Å². The van der Waals surface area contributed by atoms with Gasteiger partial charge in [-0.05, 0) is 55.5 Å². The molecule has 3 aromatic rings. The van der Waals surface area contributed by atoms with Crippen LogP contribution in [-0.4, -0.2) is 26.9 Å². The third-order valence-corrected chi connectivity index (χ3v) is 5.48. The number of amides is 1. The molecule has 9 heteroatoms. The van der Waals surface area contributed by atoms with Gasteiger partial charge < -0.3 is 14.5 Å². The highest BCUT2D eigenvalue weighted by Crippen LogP contribution is 2.17. The molecule has 1 amide bonds. The Morgan fingerprint density at radius 1 is 1.00 bits per heavy atom. The molecule has 2 N–H and O–H groups in total. The molecule has 1 heterocycles. The predicted molar refractivity (Wildman–Crippen MR) is 109 cm³/mol. The first-order chi connectivity index (χ1) is 14.3. The Kier molecular flexibility index (Phi) is 6.53. The topological polar surface area (TPSA) is 115 Å². The van der Waals surface area contributed by atoms with Gasteiger partial charge in [0.1, 0.15) is 5.76 Å². The number of hydrogen-bond donors (Lipinski definition) is 2. The largest absolute Gasteiger partial charge is 0.467 e. The molecule has 156 valence electrons. The van der Waals surface area contributed by atoms with E-state index < -0.39 is 28.5 Å². The number of benzene rings is 2. The highest BCUT2D eigenvalue weighted by atomic mass is 32.2. The average Bonchev–Trinajstić information content (AvgIpc) is 3.26. The molecule has 0 spiro atoms. The highest BCUT2D eigenvalue weighted by molar-refractivity contribution is 7.92. The van der Waals surface area contributed by atoms with E-state index in [2.05, 4.69) is 10.0 Å². The van der Waals surface area contributed by atoms with Gasteiger partial charge in [-0.2, -0.15) is 0 Å². The maximum Gasteiger partial charge on any atom is 0.338 e. The van der Waals surface area contributed by atoms with Crippen LogP contribution in [0.5, 0.6) is 0 Å². The molecule has 0 saturated carbocycles. The number of esters is 1. The number of carbonyl (C=O) groups excluding carboxylic acids is 2. The summed E-state index contributed by atoms with van der Waals surface area (Å²) in [5.74, 6) is -0.648. The number of furan rings is 1. The average molecular weight is 428 g/mol. The molecule has 0 radical (unpaired) electrons. The Morgan fingerprint density at radius 2 is 1.70 bits per heavy atom. The Bertz CT molecular complexity index is 1110. The fourth-order valence-electron chi connectivity index (χ4n) is 2.47. The van der Waals surface area contributed by atoms with Gasteiger partial charge in [-0.3, -0.25) is 9.52 Å². The van der Waals surface area contributed by atoms with Crippen molar-refractivity contribution in [2.45, 2.75) is 18.4 Å². The number of aryl methyl sites for hydroxylation is 1. The minimum atomic E-state index is -3.80. The van der Waals surface area contributed by atoms with Crippen LogP contribution in [0.3, 0.4) is 0 Å². The maximum atomic E-state index is 12.5. The van der Waals surface area contributed by atoms with Gasteiger partial charge in [-0.1, -0.05) is 17.7 Å². The summed E-state index contributed by atoms with van der Waals surface area (Å²) in [4.78, 5) is 23.8. The fourth-order valence-corrected chi connectivity index (χ4v) is 3.53. The lowest BCUT2D eigenvalue weighted by Crippen LogP contribution is -2.28. The molecule has 2 aromatic carbocycles. The number of sulfonamides is 1. The third-order valence-electron chi connectivity index (χ3n) is 4.08. The molecule has 0 aliphatic rings. The summed E-state index contributed by atoms with van der Waals surface area (Å²) in [5, 5.41) is 2.55. The van der Waals surface area contributed by atoms with Gasteiger partial charge in [0.05, 0.1) is 23.3 Å². The summed E-state index contributed by atoms with van der Waals surface area (Å²) in [6.07, 6.45) is 1.49. The van der Waals surface area contributed by atoms with Crippen LogP contribution in [0.2, 0.25) is 0 Å². The van der Waals surface area contributed by atoms with Crippen molar-refractivity contribution in [3.8, 4) is 0 Å². The summed E-state index contributed by atoms with van der Waals surface area (Å²) in [6, 6.07) is 15.6. The fraction of sp³-hybridized carbons (Fsp3) is 0.143. The Labute approximate surface area is 173 Å². The van der Waals surface area contributed by atoms with Crippen molar-refractivity contribution >= 4 is 27.6 Å². The van der Waals surface area contributed by atoms with E-state index in [0.717, 1.165) is 5.56 Å². The summed E-state index contributed by atoms with van der Waals surface area (Å²) in [5.41, 5.74) is 1.57. The molecule has 8 nitrogen and oxygen atoms in total. The zero-order chi connectivity index (χ0) is 21.6. The number of nitrogens with one attached hydrogen (secondary N) is 2. The Balaban J connectivity index is 1.54. The summed E-state index contributed by atoms with van der Waals surface area (Å²) in [6.45, 7) is 1.62. The van der Waals surface area contributed by atoms with E-state index >= 15 is 0 Å². The number of ether oxygens (including phenoxy) is 1. The van der Waals surface area contributed by atoms with Crippen LogP contribution >= 0.6 is 0 Å². The van der Waals surface area contributed by atoms with Crippen LogP contribution in [-0.2, 0) is 26.1 Å². The first-order valence-corrected chi connectivity index (χ1v) is 10.5. The monoisotopic (exact) mass is 428 g/mol. The van der Waals surface area contributed by atoms with Gasteiger partial charge >= 0.3 is 5.97 Å². The van der Waals surface area contributed by atoms with Crippen molar-refractivity contribution in [3.05, 3.63) is 83.8 Å². The van der Waals surface area contributed by atoms with Gasteiger partial charge in [-0.15, -0.1) is 0 Å². The number of rotatable bonds is 8. The van der Waals surface area contributed by atoms with Crippen molar-refractivity contribution in [3.63, 3.8) is 0 Å². The van der Waals surface area contributed by atoms with Crippen molar-refractivity contribution in [2.75, 3.05) is 11.3 Å². The van der Waals surface area contributed by atoms with Gasteiger partial charge in [0, 0.05) is 5.69 Å². The number of anilines is 1. The SMILES string of the molecule is Cc1ccc(NS(=O)(=O)c2ccc(C(=O)OCC(=O)NCc3ccco3)cc2)cc1. The maximum absolute atomic E-state index is 12.5. The van der Waals surface area contributed by atoms with E-state index in [4.69, 9.17) is 9.15 Å². The van der Waals surface area contributed by atoms with E-state index in [0.29, 0.717) is 11.4 Å². The lowest BCUT2D eigenvalue weighted by atomic mass is 10.2. The van der Waals surface area contributed by atoms with Gasteiger partial charge in [-0.25, -0.2) is 13.2 Å². The van der Waals surface area contributed by atoms with Crippen molar-refractivity contribution in [1.29, 1.82) is 0 Å². The van der Waals surface area contributed by atoms with Crippen LogP contribution in [0.25, 0.3) is 0 Å². The molecule has 0 saturated heterocycles. The first-order valence-electron chi connectivity index (χ1n) is 8.99. The number of carbonyl (C=O) groups is 2. The van der Waals surface area contributed by atoms with Crippen molar-refractivity contribution < 1.29 is 27.2 Å². The molecule has 0 unspecified atom stereocenters. The quantitative estimate of drug-likeness (QED) is 0.533. The van der Waals surface area contributed by atoms with E-state index in [1.54, 1.807) is 36.4 Å². The predicted octanol–water partition coefficient (Wildman–Crippen LogP) is 2.86. The van der Waals surface area contributed by atoms with Gasteiger partial charge in [0.15, 0.2) is 6.61 Å². The van der Waals surface area contributed by atoms with E-state index in [1.807, 2.05) is 6.92 Å². The Hall–Kier alpha value is -3.59.